The van der Waals surface area contributed by atoms with Crippen LogP contribution in [0.4, 0.5) is 5.82 Å². The third-order valence-corrected chi connectivity index (χ3v) is 2.55. The Bertz CT molecular complexity index is 317. The van der Waals surface area contributed by atoms with Crippen molar-refractivity contribution in [2.24, 2.45) is 0 Å². The van der Waals surface area contributed by atoms with E-state index in [1.807, 2.05) is 11.9 Å². The highest BCUT2D eigenvalue weighted by molar-refractivity contribution is 6.33. The van der Waals surface area contributed by atoms with Crippen molar-refractivity contribution < 1.29 is 5.11 Å². The fourth-order valence-electron chi connectivity index (χ4n) is 1.34. The summed E-state index contributed by atoms with van der Waals surface area (Å²) in [6.45, 7) is 3.07. The van der Waals surface area contributed by atoms with Gasteiger partial charge in [0.1, 0.15) is 5.82 Å². The minimum absolute atomic E-state index is 0.0221. The minimum atomic E-state index is -0.0221. The van der Waals surface area contributed by atoms with Crippen molar-refractivity contribution >= 4 is 17.4 Å². The molecule has 84 valence electrons. The third-order valence-electron chi connectivity index (χ3n) is 2.27. The molecular formula is C11H17ClN2O. The molecule has 0 radical (unpaired) electrons. The summed E-state index contributed by atoms with van der Waals surface area (Å²) in [5, 5.41) is 9.52. The fraction of sp³-hybridized carbons (Fsp3) is 0.545. The van der Waals surface area contributed by atoms with Crippen molar-refractivity contribution in [3.8, 4) is 0 Å². The normalized spacial score (nSPS) is 10.4. The van der Waals surface area contributed by atoms with Gasteiger partial charge in [0.25, 0.3) is 0 Å². The van der Waals surface area contributed by atoms with Gasteiger partial charge in [-0.05, 0) is 18.1 Å². The molecule has 0 amide bonds. The summed E-state index contributed by atoms with van der Waals surface area (Å²) in [5.74, 6) is 0.780. The maximum atomic E-state index is 8.92. The molecule has 1 N–H and O–H groups in total. The van der Waals surface area contributed by atoms with E-state index in [1.54, 1.807) is 12.3 Å². The SMILES string of the molecule is CCCCN(C)c1ncc(CO)cc1Cl. The van der Waals surface area contributed by atoms with E-state index >= 15 is 0 Å². The molecular weight excluding hydrogens is 212 g/mol. The molecule has 0 fully saturated rings. The summed E-state index contributed by atoms with van der Waals surface area (Å²) >= 11 is 6.07. The van der Waals surface area contributed by atoms with E-state index in [0.717, 1.165) is 30.8 Å². The maximum absolute atomic E-state index is 8.92. The second kappa shape index (κ2) is 5.93. The van der Waals surface area contributed by atoms with Gasteiger partial charge in [0.2, 0.25) is 0 Å². The Hall–Kier alpha value is -0.800. The van der Waals surface area contributed by atoms with Gasteiger partial charge >= 0.3 is 0 Å². The van der Waals surface area contributed by atoms with Crippen molar-refractivity contribution in [2.45, 2.75) is 26.4 Å². The molecule has 15 heavy (non-hydrogen) atoms. The fourth-order valence-corrected chi connectivity index (χ4v) is 1.67. The average molecular weight is 229 g/mol. The Morgan fingerprint density at radius 2 is 2.27 bits per heavy atom. The zero-order valence-electron chi connectivity index (χ0n) is 9.20. The minimum Gasteiger partial charge on any atom is -0.392 e. The lowest BCUT2D eigenvalue weighted by molar-refractivity contribution is 0.281. The first-order valence-corrected chi connectivity index (χ1v) is 5.53. The summed E-state index contributed by atoms with van der Waals surface area (Å²) in [4.78, 5) is 6.27. The van der Waals surface area contributed by atoms with Crippen LogP contribution in [0, 0.1) is 0 Å². The summed E-state index contributed by atoms with van der Waals surface area (Å²) in [6.07, 6.45) is 3.93. The van der Waals surface area contributed by atoms with Gasteiger partial charge in [0, 0.05) is 19.8 Å². The highest BCUT2D eigenvalue weighted by Crippen LogP contribution is 2.23. The van der Waals surface area contributed by atoms with Gasteiger partial charge in [-0.2, -0.15) is 0 Å². The summed E-state index contributed by atoms with van der Waals surface area (Å²) < 4.78 is 0. The molecule has 1 aromatic heterocycles. The van der Waals surface area contributed by atoms with Crippen LogP contribution in [0.2, 0.25) is 5.02 Å². The zero-order valence-corrected chi connectivity index (χ0v) is 9.96. The van der Waals surface area contributed by atoms with Gasteiger partial charge in [0.15, 0.2) is 0 Å². The van der Waals surface area contributed by atoms with Crippen molar-refractivity contribution in [1.82, 2.24) is 4.98 Å². The molecule has 3 nitrogen and oxygen atoms in total. The quantitative estimate of drug-likeness (QED) is 0.841. The standard InChI is InChI=1S/C11H17ClN2O/c1-3-4-5-14(2)11-10(12)6-9(8-15)7-13-11/h6-7,15H,3-5,8H2,1-2H3. The first-order valence-electron chi connectivity index (χ1n) is 5.15. The monoisotopic (exact) mass is 228 g/mol. The molecule has 0 aromatic carbocycles. The van der Waals surface area contributed by atoms with Crippen LogP contribution in [-0.4, -0.2) is 23.7 Å². The molecule has 0 spiro atoms. The Morgan fingerprint density at radius 3 is 2.80 bits per heavy atom. The summed E-state index contributed by atoms with van der Waals surface area (Å²) in [5.41, 5.74) is 0.743. The molecule has 0 aliphatic heterocycles. The second-order valence-electron chi connectivity index (χ2n) is 3.58. The lowest BCUT2D eigenvalue weighted by Gasteiger charge is -2.19. The predicted octanol–water partition coefficient (Wildman–Crippen LogP) is 2.46. The third kappa shape index (κ3) is 3.36. The lowest BCUT2D eigenvalue weighted by atomic mass is 10.3. The first kappa shape index (κ1) is 12.3. The number of anilines is 1. The zero-order chi connectivity index (χ0) is 11.3. The van der Waals surface area contributed by atoms with Gasteiger partial charge in [-0.1, -0.05) is 24.9 Å². The van der Waals surface area contributed by atoms with Crippen molar-refractivity contribution in [3.05, 3.63) is 22.8 Å². The Kier molecular flexibility index (Phi) is 4.85. The number of aromatic nitrogens is 1. The molecule has 0 saturated carbocycles. The highest BCUT2D eigenvalue weighted by atomic mass is 35.5. The molecule has 0 aliphatic carbocycles. The van der Waals surface area contributed by atoms with E-state index in [0.29, 0.717) is 5.02 Å². The van der Waals surface area contributed by atoms with Gasteiger partial charge in [-0.25, -0.2) is 4.98 Å². The molecule has 1 aromatic rings. The lowest BCUT2D eigenvalue weighted by Crippen LogP contribution is -2.20. The van der Waals surface area contributed by atoms with Crippen LogP contribution in [0.5, 0.6) is 0 Å². The number of pyridine rings is 1. The number of aliphatic hydroxyl groups is 1. The van der Waals surface area contributed by atoms with Crippen molar-refractivity contribution in [3.63, 3.8) is 0 Å². The smallest absolute Gasteiger partial charge is 0.147 e. The number of unbranched alkanes of at least 4 members (excludes halogenated alkanes) is 1. The topological polar surface area (TPSA) is 36.4 Å². The Balaban J connectivity index is 2.76. The van der Waals surface area contributed by atoms with Gasteiger partial charge in [0.05, 0.1) is 11.6 Å². The number of rotatable bonds is 5. The Morgan fingerprint density at radius 1 is 1.53 bits per heavy atom. The van der Waals surface area contributed by atoms with Crippen LogP contribution in [0.3, 0.4) is 0 Å². The molecule has 0 aliphatic rings. The van der Waals surface area contributed by atoms with E-state index < -0.39 is 0 Å². The number of nitrogens with zero attached hydrogens (tertiary/aromatic N) is 2. The number of halogens is 1. The summed E-state index contributed by atoms with van der Waals surface area (Å²) in [6, 6.07) is 1.76. The largest absolute Gasteiger partial charge is 0.392 e. The Labute approximate surface area is 95.7 Å². The van der Waals surface area contributed by atoms with Crippen LogP contribution in [0.15, 0.2) is 12.3 Å². The molecule has 0 unspecified atom stereocenters. The first-order chi connectivity index (χ1) is 7.19. The van der Waals surface area contributed by atoms with E-state index in [1.165, 1.54) is 0 Å². The van der Waals surface area contributed by atoms with Crippen LogP contribution in [0.25, 0.3) is 0 Å². The average Bonchev–Trinajstić information content (AvgIpc) is 2.25. The summed E-state index contributed by atoms with van der Waals surface area (Å²) in [7, 11) is 1.97. The molecule has 1 rings (SSSR count). The van der Waals surface area contributed by atoms with Gasteiger partial charge in [-0.3, -0.25) is 0 Å². The molecule has 1 heterocycles. The van der Waals surface area contributed by atoms with E-state index in [-0.39, 0.29) is 6.61 Å². The molecule has 4 heteroatoms. The number of aliphatic hydroxyl groups excluding tert-OH is 1. The van der Waals surface area contributed by atoms with E-state index in [4.69, 9.17) is 16.7 Å². The van der Waals surface area contributed by atoms with Crippen molar-refractivity contribution in [1.29, 1.82) is 0 Å². The molecule has 0 saturated heterocycles. The molecule has 0 bridgehead atoms. The van der Waals surface area contributed by atoms with Crippen LogP contribution in [-0.2, 0) is 6.61 Å². The number of hydrogen-bond donors (Lipinski definition) is 1. The highest BCUT2D eigenvalue weighted by Gasteiger charge is 2.07. The van der Waals surface area contributed by atoms with E-state index in [9.17, 15) is 0 Å². The van der Waals surface area contributed by atoms with E-state index in [2.05, 4.69) is 11.9 Å². The second-order valence-corrected chi connectivity index (χ2v) is 3.99. The predicted molar refractivity (Wildman–Crippen MR) is 63.3 cm³/mol. The van der Waals surface area contributed by atoms with Crippen LogP contribution < -0.4 is 4.90 Å². The van der Waals surface area contributed by atoms with Gasteiger partial charge < -0.3 is 10.0 Å². The van der Waals surface area contributed by atoms with Gasteiger partial charge in [-0.15, -0.1) is 0 Å². The molecule has 0 atom stereocenters. The number of hydrogen-bond acceptors (Lipinski definition) is 3. The maximum Gasteiger partial charge on any atom is 0.147 e. The van der Waals surface area contributed by atoms with Crippen LogP contribution in [0.1, 0.15) is 25.3 Å². The van der Waals surface area contributed by atoms with Crippen molar-refractivity contribution in [2.75, 3.05) is 18.5 Å². The van der Waals surface area contributed by atoms with Crippen LogP contribution >= 0.6 is 11.6 Å².